The van der Waals surface area contributed by atoms with Crippen LogP contribution in [0.4, 0.5) is 4.39 Å². The molecule has 6 heteroatoms. The molecule has 0 aliphatic carbocycles. The van der Waals surface area contributed by atoms with Crippen LogP contribution in [-0.2, 0) is 30.3 Å². The summed E-state index contributed by atoms with van der Waals surface area (Å²) in [6.07, 6.45) is -0.127. The molecule has 0 aliphatic heterocycles. The van der Waals surface area contributed by atoms with Gasteiger partial charge in [0.2, 0.25) is 0 Å². The van der Waals surface area contributed by atoms with Crippen LogP contribution in [0.3, 0.4) is 0 Å². The number of Topliss-reactive ketones (excluding diaryl/α,β-unsaturated/α-hetero) is 1. The van der Waals surface area contributed by atoms with Gasteiger partial charge in [0.1, 0.15) is 11.7 Å². The third-order valence-electron chi connectivity index (χ3n) is 2.52. The molecular weight excluding hydrogens is 255 g/mol. The van der Waals surface area contributed by atoms with E-state index in [0.29, 0.717) is 5.56 Å². The number of rotatable bonds is 5. The average molecular weight is 268 g/mol. The van der Waals surface area contributed by atoms with Crippen molar-refractivity contribution in [2.45, 2.75) is 6.42 Å². The fraction of sp³-hybridized carbons (Fsp3) is 0.308. The van der Waals surface area contributed by atoms with Gasteiger partial charge in [0.25, 0.3) is 5.78 Å². The lowest BCUT2D eigenvalue weighted by Gasteiger charge is -2.12. The van der Waals surface area contributed by atoms with Crippen molar-refractivity contribution < 1.29 is 28.2 Å². The molecule has 1 atom stereocenters. The molecule has 0 saturated carbocycles. The standard InChI is InChI=1S/C13H13FO5/c1-18-12(16)10(11(15)13(17)19-2)7-8-4-3-5-9(14)6-8/h3-6,10H,7H2,1-2H3. The minimum Gasteiger partial charge on any atom is -0.468 e. The van der Waals surface area contributed by atoms with Crippen LogP contribution in [0.1, 0.15) is 5.56 Å². The van der Waals surface area contributed by atoms with Gasteiger partial charge in [-0.15, -0.1) is 0 Å². The van der Waals surface area contributed by atoms with Crippen molar-refractivity contribution in [3.8, 4) is 0 Å². The Bertz CT molecular complexity index is 498. The molecule has 0 bridgehead atoms. The van der Waals surface area contributed by atoms with Gasteiger partial charge in [-0.05, 0) is 24.1 Å². The lowest BCUT2D eigenvalue weighted by Crippen LogP contribution is -2.33. The predicted octanol–water partition coefficient (Wildman–Crippen LogP) is 0.899. The highest BCUT2D eigenvalue weighted by Gasteiger charge is 2.33. The summed E-state index contributed by atoms with van der Waals surface area (Å²) in [5.74, 6) is -4.84. The predicted molar refractivity (Wildman–Crippen MR) is 62.6 cm³/mol. The SMILES string of the molecule is COC(=O)C(=O)C(Cc1cccc(F)c1)C(=O)OC. The first-order valence-electron chi connectivity index (χ1n) is 5.44. The number of methoxy groups -OCH3 is 2. The molecule has 0 amide bonds. The van der Waals surface area contributed by atoms with Crippen LogP contribution in [0.25, 0.3) is 0 Å². The monoisotopic (exact) mass is 268 g/mol. The summed E-state index contributed by atoms with van der Waals surface area (Å²) < 4.78 is 21.8. The maximum atomic E-state index is 13.0. The van der Waals surface area contributed by atoms with E-state index >= 15 is 0 Å². The lowest BCUT2D eigenvalue weighted by atomic mass is 9.95. The number of benzene rings is 1. The minimum absolute atomic E-state index is 0.127. The van der Waals surface area contributed by atoms with Crippen LogP contribution >= 0.6 is 0 Å². The zero-order chi connectivity index (χ0) is 14.4. The van der Waals surface area contributed by atoms with Gasteiger partial charge in [0.05, 0.1) is 14.2 Å². The number of ketones is 1. The van der Waals surface area contributed by atoms with Gasteiger partial charge in [-0.3, -0.25) is 9.59 Å². The molecule has 5 nitrogen and oxygen atoms in total. The summed E-state index contributed by atoms with van der Waals surface area (Å²) in [6, 6.07) is 5.41. The van der Waals surface area contributed by atoms with E-state index in [1.54, 1.807) is 6.07 Å². The molecule has 1 aromatic carbocycles. The van der Waals surface area contributed by atoms with Crippen molar-refractivity contribution in [2.75, 3.05) is 14.2 Å². The number of ether oxygens (including phenoxy) is 2. The van der Waals surface area contributed by atoms with Gasteiger partial charge in [-0.25, -0.2) is 9.18 Å². The number of esters is 2. The van der Waals surface area contributed by atoms with Crippen LogP contribution in [-0.4, -0.2) is 31.9 Å². The van der Waals surface area contributed by atoms with Crippen LogP contribution < -0.4 is 0 Å². The van der Waals surface area contributed by atoms with Crippen LogP contribution in [0.15, 0.2) is 24.3 Å². The number of hydrogen-bond donors (Lipinski definition) is 0. The molecule has 102 valence electrons. The summed E-state index contributed by atoms with van der Waals surface area (Å²) in [4.78, 5) is 34.4. The van der Waals surface area contributed by atoms with Gasteiger partial charge in [-0.1, -0.05) is 12.1 Å². The molecule has 0 saturated heterocycles. The van der Waals surface area contributed by atoms with Crippen molar-refractivity contribution in [3.05, 3.63) is 35.6 Å². The van der Waals surface area contributed by atoms with Crippen molar-refractivity contribution in [3.63, 3.8) is 0 Å². The number of carbonyl (C=O) groups excluding carboxylic acids is 3. The first-order chi connectivity index (χ1) is 8.99. The van der Waals surface area contributed by atoms with Crippen molar-refractivity contribution in [1.82, 2.24) is 0 Å². The Morgan fingerprint density at radius 3 is 2.42 bits per heavy atom. The fourth-order valence-corrected chi connectivity index (χ4v) is 1.57. The van der Waals surface area contributed by atoms with Crippen molar-refractivity contribution in [1.29, 1.82) is 0 Å². The van der Waals surface area contributed by atoms with Gasteiger partial charge in [0, 0.05) is 0 Å². The quantitative estimate of drug-likeness (QED) is 0.451. The summed E-state index contributed by atoms with van der Waals surface area (Å²) >= 11 is 0. The fourth-order valence-electron chi connectivity index (χ4n) is 1.57. The Balaban J connectivity index is 2.96. The average Bonchev–Trinajstić information content (AvgIpc) is 2.42. The van der Waals surface area contributed by atoms with E-state index in [2.05, 4.69) is 9.47 Å². The van der Waals surface area contributed by atoms with E-state index < -0.39 is 29.5 Å². The molecule has 0 fully saturated rings. The van der Waals surface area contributed by atoms with Crippen LogP contribution in [0.5, 0.6) is 0 Å². The third kappa shape index (κ3) is 3.87. The summed E-state index contributed by atoms with van der Waals surface area (Å²) in [5, 5.41) is 0. The van der Waals surface area contributed by atoms with Crippen LogP contribution in [0, 0.1) is 11.7 Å². The highest BCUT2D eigenvalue weighted by Crippen LogP contribution is 2.13. The van der Waals surface area contributed by atoms with E-state index in [9.17, 15) is 18.8 Å². The summed E-state index contributed by atoms with van der Waals surface area (Å²) in [5.41, 5.74) is 0.410. The molecule has 0 N–H and O–H groups in total. The minimum atomic E-state index is -1.33. The highest BCUT2D eigenvalue weighted by atomic mass is 19.1. The molecule has 1 rings (SSSR count). The highest BCUT2D eigenvalue weighted by molar-refractivity contribution is 6.37. The first kappa shape index (κ1) is 14.8. The molecular formula is C13H13FO5. The van der Waals surface area contributed by atoms with Gasteiger partial charge >= 0.3 is 11.9 Å². The Hall–Kier alpha value is -2.24. The van der Waals surface area contributed by atoms with Gasteiger partial charge in [-0.2, -0.15) is 0 Å². The maximum absolute atomic E-state index is 13.0. The molecule has 0 radical (unpaired) electrons. The van der Waals surface area contributed by atoms with Crippen molar-refractivity contribution in [2.24, 2.45) is 5.92 Å². The molecule has 1 aromatic rings. The molecule has 0 aliphatic rings. The smallest absolute Gasteiger partial charge is 0.375 e. The molecule has 19 heavy (non-hydrogen) atoms. The second-order valence-electron chi connectivity index (χ2n) is 3.77. The Morgan fingerprint density at radius 2 is 1.89 bits per heavy atom. The number of halogens is 1. The van der Waals surface area contributed by atoms with E-state index in [-0.39, 0.29) is 6.42 Å². The zero-order valence-electron chi connectivity index (χ0n) is 10.5. The van der Waals surface area contributed by atoms with E-state index in [1.165, 1.54) is 18.2 Å². The van der Waals surface area contributed by atoms with E-state index in [4.69, 9.17) is 0 Å². The Morgan fingerprint density at radius 1 is 1.21 bits per heavy atom. The molecule has 0 aromatic heterocycles. The largest absolute Gasteiger partial charge is 0.468 e. The maximum Gasteiger partial charge on any atom is 0.375 e. The van der Waals surface area contributed by atoms with E-state index in [0.717, 1.165) is 14.2 Å². The third-order valence-corrected chi connectivity index (χ3v) is 2.52. The molecule has 1 unspecified atom stereocenters. The lowest BCUT2D eigenvalue weighted by molar-refractivity contribution is -0.159. The zero-order valence-corrected chi connectivity index (χ0v) is 10.5. The van der Waals surface area contributed by atoms with Crippen molar-refractivity contribution >= 4 is 17.7 Å². The van der Waals surface area contributed by atoms with E-state index in [1.807, 2.05) is 0 Å². The Kier molecular flexibility index (Phi) is 5.17. The second kappa shape index (κ2) is 6.63. The summed E-state index contributed by atoms with van der Waals surface area (Å²) in [6.45, 7) is 0. The first-order valence-corrected chi connectivity index (χ1v) is 5.44. The Labute approximate surface area is 109 Å². The van der Waals surface area contributed by atoms with Crippen LogP contribution in [0.2, 0.25) is 0 Å². The number of hydrogen-bond acceptors (Lipinski definition) is 5. The van der Waals surface area contributed by atoms with Gasteiger partial charge < -0.3 is 9.47 Å². The normalized spacial score (nSPS) is 11.5. The number of carbonyl (C=O) groups is 3. The molecule has 0 heterocycles. The summed E-state index contributed by atoms with van der Waals surface area (Å²) in [7, 11) is 2.14. The van der Waals surface area contributed by atoms with Gasteiger partial charge in [0.15, 0.2) is 0 Å². The second-order valence-corrected chi connectivity index (χ2v) is 3.77. The molecule has 0 spiro atoms. The topological polar surface area (TPSA) is 69.7 Å².